The molecule has 6 nitrogen and oxygen atoms in total. The molecule has 25 heavy (non-hydrogen) atoms. The Morgan fingerprint density at radius 2 is 2.24 bits per heavy atom. The second kappa shape index (κ2) is 9.63. The average Bonchev–Trinajstić information content (AvgIpc) is 2.58. The van der Waals surface area contributed by atoms with E-state index >= 15 is 0 Å². The summed E-state index contributed by atoms with van der Waals surface area (Å²) in [4.78, 5) is 21.1. The van der Waals surface area contributed by atoms with Crippen molar-refractivity contribution in [2.45, 2.75) is 26.3 Å². The van der Waals surface area contributed by atoms with Gasteiger partial charge >= 0.3 is 0 Å². The van der Waals surface area contributed by atoms with Gasteiger partial charge in [0.1, 0.15) is 0 Å². The number of nitrogens with one attached hydrogen (secondary N) is 1. The van der Waals surface area contributed by atoms with E-state index in [9.17, 15) is 4.79 Å². The van der Waals surface area contributed by atoms with E-state index in [-0.39, 0.29) is 18.6 Å². The third-order valence-electron chi connectivity index (χ3n) is 4.19. The fraction of sp³-hybridized carbons (Fsp3) is 0.556. The molecule has 1 fully saturated rings. The van der Waals surface area contributed by atoms with Crippen LogP contribution in [0, 0.1) is 0 Å². The Balaban J connectivity index is 1.97. The number of amides is 1. The number of piperazine rings is 1. The van der Waals surface area contributed by atoms with Gasteiger partial charge in [0.05, 0.1) is 19.6 Å². The lowest BCUT2D eigenvalue weighted by atomic mass is 10.1. The number of aliphatic hydroxyl groups excluding tert-OH is 1. The quantitative estimate of drug-likeness (QED) is 0.610. The third-order valence-corrected chi connectivity index (χ3v) is 4.42. The van der Waals surface area contributed by atoms with Gasteiger partial charge in [-0.15, -0.1) is 0 Å². The van der Waals surface area contributed by atoms with Crippen LogP contribution in [0.15, 0.2) is 29.3 Å². The van der Waals surface area contributed by atoms with Crippen LogP contribution in [0.2, 0.25) is 5.02 Å². The molecule has 0 bridgehead atoms. The molecule has 1 aliphatic rings. The monoisotopic (exact) mass is 366 g/mol. The van der Waals surface area contributed by atoms with E-state index in [4.69, 9.17) is 16.7 Å². The zero-order valence-electron chi connectivity index (χ0n) is 14.9. The number of aliphatic hydroxyl groups is 1. The first-order valence-corrected chi connectivity index (χ1v) is 9.11. The van der Waals surface area contributed by atoms with Gasteiger partial charge in [0.2, 0.25) is 5.91 Å². The number of aliphatic imine (C=N–C) groups is 1. The number of hydrogen-bond acceptors (Lipinski definition) is 3. The Bertz CT molecular complexity index is 608. The molecule has 1 aromatic rings. The maximum atomic E-state index is 12.6. The molecule has 1 aromatic carbocycles. The second-order valence-corrected chi connectivity index (χ2v) is 6.58. The third kappa shape index (κ3) is 5.61. The van der Waals surface area contributed by atoms with Gasteiger partial charge in [-0.25, -0.2) is 0 Å². The predicted octanol–water partition coefficient (Wildman–Crippen LogP) is 1.37. The lowest BCUT2D eigenvalue weighted by Gasteiger charge is -2.41. The highest BCUT2D eigenvalue weighted by atomic mass is 35.5. The SMILES string of the molecule is CCNC(=NCCO)N1CCN(C(=O)Cc2cccc(Cl)c2)C(C)C1. The maximum Gasteiger partial charge on any atom is 0.227 e. The maximum absolute atomic E-state index is 12.6. The van der Waals surface area contributed by atoms with Crippen LogP contribution in [0.25, 0.3) is 0 Å². The van der Waals surface area contributed by atoms with Gasteiger partial charge in [0.15, 0.2) is 5.96 Å². The van der Waals surface area contributed by atoms with Crippen LogP contribution in [0.3, 0.4) is 0 Å². The molecule has 1 saturated heterocycles. The van der Waals surface area contributed by atoms with Gasteiger partial charge in [-0.1, -0.05) is 23.7 Å². The summed E-state index contributed by atoms with van der Waals surface area (Å²) in [6, 6.07) is 7.54. The van der Waals surface area contributed by atoms with Crippen LogP contribution < -0.4 is 5.32 Å². The number of guanidine groups is 1. The summed E-state index contributed by atoms with van der Waals surface area (Å²) >= 11 is 6.00. The average molecular weight is 367 g/mol. The minimum atomic E-state index is 0.0303. The standard InChI is InChI=1S/C18H27ClN4O2/c1-3-20-18(21-7-10-24)22-8-9-23(14(2)13-22)17(25)12-15-5-4-6-16(19)11-15/h4-6,11,14,24H,3,7-10,12-13H2,1-2H3,(H,20,21). The molecule has 1 atom stereocenters. The van der Waals surface area contributed by atoms with Crippen molar-refractivity contribution in [1.29, 1.82) is 0 Å². The van der Waals surface area contributed by atoms with Crippen LogP contribution >= 0.6 is 11.6 Å². The Morgan fingerprint density at radius 3 is 2.88 bits per heavy atom. The molecule has 7 heteroatoms. The molecule has 0 spiro atoms. The number of rotatable bonds is 5. The molecule has 0 aromatic heterocycles. The topological polar surface area (TPSA) is 68.2 Å². The number of halogens is 1. The van der Waals surface area contributed by atoms with E-state index in [2.05, 4.69) is 22.1 Å². The minimum Gasteiger partial charge on any atom is -0.394 e. The normalized spacial score (nSPS) is 18.4. The predicted molar refractivity (Wildman–Crippen MR) is 101 cm³/mol. The molecule has 1 heterocycles. The largest absolute Gasteiger partial charge is 0.394 e. The molecule has 0 aliphatic carbocycles. The van der Waals surface area contributed by atoms with E-state index < -0.39 is 0 Å². The van der Waals surface area contributed by atoms with Crippen molar-refractivity contribution in [2.75, 3.05) is 39.3 Å². The summed E-state index contributed by atoms with van der Waals surface area (Å²) in [5.74, 6) is 0.914. The Morgan fingerprint density at radius 1 is 1.44 bits per heavy atom. The first kappa shape index (κ1) is 19.5. The fourth-order valence-electron chi connectivity index (χ4n) is 3.03. The van der Waals surface area contributed by atoms with Gasteiger partial charge in [0.25, 0.3) is 0 Å². The highest BCUT2D eigenvalue weighted by molar-refractivity contribution is 6.30. The Labute approximate surface area is 154 Å². The van der Waals surface area contributed by atoms with E-state index in [1.54, 1.807) is 0 Å². The number of carbonyl (C=O) groups excluding carboxylic acids is 1. The van der Waals surface area contributed by atoms with Crippen molar-refractivity contribution in [3.05, 3.63) is 34.9 Å². The van der Waals surface area contributed by atoms with Crippen LogP contribution in [0.4, 0.5) is 0 Å². The summed E-state index contributed by atoms with van der Waals surface area (Å²) in [6.07, 6.45) is 0.365. The highest BCUT2D eigenvalue weighted by Crippen LogP contribution is 2.15. The molecule has 1 unspecified atom stereocenters. The smallest absolute Gasteiger partial charge is 0.227 e. The van der Waals surface area contributed by atoms with E-state index in [0.717, 1.165) is 31.2 Å². The summed E-state index contributed by atoms with van der Waals surface area (Å²) in [6.45, 7) is 7.35. The van der Waals surface area contributed by atoms with Crippen molar-refractivity contribution in [3.63, 3.8) is 0 Å². The van der Waals surface area contributed by atoms with Crippen LogP contribution in [0.5, 0.6) is 0 Å². The summed E-state index contributed by atoms with van der Waals surface area (Å²) in [5.41, 5.74) is 0.935. The van der Waals surface area contributed by atoms with Crippen molar-refractivity contribution < 1.29 is 9.90 Å². The lowest BCUT2D eigenvalue weighted by Crippen LogP contribution is -2.58. The van der Waals surface area contributed by atoms with Gasteiger partial charge in [-0.05, 0) is 31.5 Å². The fourth-order valence-corrected chi connectivity index (χ4v) is 3.24. The summed E-state index contributed by atoms with van der Waals surface area (Å²) in [7, 11) is 0. The molecular weight excluding hydrogens is 340 g/mol. The molecule has 2 N–H and O–H groups in total. The number of carbonyl (C=O) groups is 1. The zero-order valence-corrected chi connectivity index (χ0v) is 15.7. The van der Waals surface area contributed by atoms with Crippen molar-refractivity contribution in [1.82, 2.24) is 15.1 Å². The Hall–Kier alpha value is -1.79. The van der Waals surface area contributed by atoms with Crippen molar-refractivity contribution >= 4 is 23.5 Å². The van der Waals surface area contributed by atoms with Crippen LogP contribution in [-0.2, 0) is 11.2 Å². The molecule has 0 radical (unpaired) electrons. The van der Waals surface area contributed by atoms with E-state index in [1.165, 1.54) is 0 Å². The van der Waals surface area contributed by atoms with Gasteiger partial charge in [-0.3, -0.25) is 9.79 Å². The molecular formula is C18H27ClN4O2. The van der Waals surface area contributed by atoms with Gasteiger partial charge < -0.3 is 20.2 Å². The molecule has 0 saturated carbocycles. The van der Waals surface area contributed by atoms with Crippen molar-refractivity contribution in [3.8, 4) is 0 Å². The van der Waals surface area contributed by atoms with Gasteiger partial charge in [0, 0.05) is 37.2 Å². The minimum absolute atomic E-state index is 0.0303. The molecule has 1 aliphatic heterocycles. The first-order valence-electron chi connectivity index (χ1n) is 8.73. The number of nitrogens with zero attached hydrogens (tertiary/aromatic N) is 3. The van der Waals surface area contributed by atoms with E-state index in [0.29, 0.717) is 24.5 Å². The molecule has 138 valence electrons. The molecule has 1 amide bonds. The second-order valence-electron chi connectivity index (χ2n) is 6.15. The van der Waals surface area contributed by atoms with Gasteiger partial charge in [-0.2, -0.15) is 0 Å². The van der Waals surface area contributed by atoms with Crippen molar-refractivity contribution in [2.24, 2.45) is 4.99 Å². The number of benzene rings is 1. The first-order chi connectivity index (χ1) is 12.0. The van der Waals surface area contributed by atoms with Crippen LogP contribution in [0.1, 0.15) is 19.4 Å². The summed E-state index contributed by atoms with van der Waals surface area (Å²) < 4.78 is 0. The number of hydrogen-bond donors (Lipinski definition) is 2. The summed E-state index contributed by atoms with van der Waals surface area (Å²) in [5, 5.41) is 12.9. The molecule has 2 rings (SSSR count). The highest BCUT2D eigenvalue weighted by Gasteiger charge is 2.28. The van der Waals surface area contributed by atoms with E-state index in [1.807, 2.05) is 36.1 Å². The Kier molecular flexibility index (Phi) is 7.52. The lowest BCUT2D eigenvalue weighted by molar-refractivity contribution is -0.134. The zero-order chi connectivity index (χ0) is 18.2. The van der Waals surface area contributed by atoms with Crippen LogP contribution in [-0.4, -0.2) is 72.1 Å².